The summed E-state index contributed by atoms with van der Waals surface area (Å²) in [5, 5.41) is 0. The van der Waals surface area contributed by atoms with Gasteiger partial charge >= 0.3 is 12.4 Å². The third-order valence-corrected chi connectivity index (χ3v) is 1.07. The summed E-state index contributed by atoms with van der Waals surface area (Å²) in [7, 11) is 0. The van der Waals surface area contributed by atoms with Crippen LogP contribution in [0.4, 0.5) is 26.3 Å². The van der Waals surface area contributed by atoms with E-state index in [2.05, 4.69) is 0 Å². The minimum atomic E-state index is -5.32. The lowest BCUT2D eigenvalue weighted by Gasteiger charge is -2.16. The van der Waals surface area contributed by atoms with Crippen molar-refractivity contribution < 1.29 is 26.3 Å². The number of hydrogen-bond donors (Lipinski definition) is 0. The van der Waals surface area contributed by atoms with Gasteiger partial charge in [-0.1, -0.05) is 5.57 Å². The highest BCUT2D eigenvalue weighted by Gasteiger charge is 2.51. The van der Waals surface area contributed by atoms with Crippen molar-refractivity contribution in [2.24, 2.45) is 0 Å². The first-order chi connectivity index (χ1) is 5.07. The van der Waals surface area contributed by atoms with Crippen LogP contribution in [0.25, 0.3) is 0 Å². The maximum absolute atomic E-state index is 11.7. The number of allylic oxidation sites excluding steroid dienone is 2. The molecule has 0 amide bonds. The zero-order valence-corrected chi connectivity index (χ0v) is 6.27. The smallest absolute Gasteiger partial charge is 0.166 e. The van der Waals surface area contributed by atoms with Crippen LogP contribution in [0.1, 0.15) is 13.8 Å². The number of halogens is 6. The van der Waals surface area contributed by atoms with Crippen LogP contribution >= 0.6 is 0 Å². The van der Waals surface area contributed by atoms with E-state index in [4.69, 9.17) is 0 Å². The average molecular weight is 192 g/mol. The highest BCUT2D eigenvalue weighted by molar-refractivity contribution is 5.20. The van der Waals surface area contributed by atoms with Crippen molar-refractivity contribution in [3.05, 3.63) is 11.1 Å². The molecular weight excluding hydrogens is 186 g/mol. The molecule has 0 aliphatic heterocycles. The Balaban J connectivity index is 5.13. The van der Waals surface area contributed by atoms with Gasteiger partial charge in [0, 0.05) is 0 Å². The Morgan fingerprint density at radius 1 is 0.750 bits per heavy atom. The van der Waals surface area contributed by atoms with Crippen LogP contribution in [-0.2, 0) is 0 Å². The van der Waals surface area contributed by atoms with E-state index in [1.54, 1.807) is 0 Å². The Morgan fingerprint density at radius 2 is 1.00 bits per heavy atom. The van der Waals surface area contributed by atoms with Crippen LogP contribution in [0.15, 0.2) is 11.1 Å². The summed E-state index contributed by atoms with van der Waals surface area (Å²) in [6.45, 7) is 1.55. The molecule has 0 rings (SSSR count). The van der Waals surface area contributed by atoms with E-state index in [0.717, 1.165) is 13.8 Å². The lowest BCUT2D eigenvalue weighted by molar-refractivity contribution is -0.173. The van der Waals surface area contributed by atoms with Crippen LogP contribution in [-0.4, -0.2) is 12.4 Å². The minimum Gasteiger partial charge on any atom is -0.166 e. The molecular formula is C6H6F6. The highest BCUT2D eigenvalue weighted by Crippen LogP contribution is 2.40. The lowest BCUT2D eigenvalue weighted by atomic mass is 10.1. The molecule has 0 aromatic rings. The summed E-state index contributed by atoms with van der Waals surface area (Å²) in [6, 6.07) is 0. The Kier molecular flexibility index (Phi) is 2.82. The second kappa shape index (κ2) is 2.99. The van der Waals surface area contributed by atoms with Gasteiger partial charge in [0.1, 0.15) is 5.57 Å². The second-order valence-electron chi connectivity index (χ2n) is 2.37. The van der Waals surface area contributed by atoms with Crippen molar-refractivity contribution in [3.63, 3.8) is 0 Å². The van der Waals surface area contributed by atoms with E-state index in [1.165, 1.54) is 0 Å². The normalized spacial score (nSPS) is 13.0. The summed E-state index contributed by atoms with van der Waals surface area (Å²) in [4.78, 5) is 0. The molecule has 0 heterocycles. The standard InChI is InChI=1S/C6H6F6/c1-3(2)4(5(7,8)9)6(10,11)12/h1-2H3. The molecule has 0 unspecified atom stereocenters. The van der Waals surface area contributed by atoms with Gasteiger partial charge in [-0.05, 0) is 13.8 Å². The summed E-state index contributed by atoms with van der Waals surface area (Å²) < 4.78 is 70.1. The molecule has 0 saturated carbocycles. The molecule has 0 nitrogen and oxygen atoms in total. The van der Waals surface area contributed by atoms with E-state index in [9.17, 15) is 26.3 Å². The molecule has 0 atom stereocenters. The molecule has 0 saturated heterocycles. The van der Waals surface area contributed by atoms with E-state index < -0.39 is 23.5 Å². The number of rotatable bonds is 0. The SMILES string of the molecule is CC(C)=C(C(F)(F)F)C(F)(F)F. The van der Waals surface area contributed by atoms with Crippen LogP contribution < -0.4 is 0 Å². The van der Waals surface area contributed by atoms with Gasteiger partial charge in [-0.2, -0.15) is 26.3 Å². The summed E-state index contributed by atoms with van der Waals surface area (Å²) >= 11 is 0. The lowest BCUT2D eigenvalue weighted by Crippen LogP contribution is -2.27. The molecule has 0 aromatic heterocycles. The summed E-state index contributed by atoms with van der Waals surface area (Å²) in [5.74, 6) is 0. The van der Waals surface area contributed by atoms with Gasteiger partial charge in [0.05, 0.1) is 0 Å². The predicted octanol–water partition coefficient (Wildman–Crippen LogP) is 3.45. The predicted molar refractivity (Wildman–Crippen MR) is 30.5 cm³/mol. The Morgan fingerprint density at radius 3 is 1.00 bits per heavy atom. The fourth-order valence-corrected chi connectivity index (χ4v) is 0.728. The fourth-order valence-electron chi connectivity index (χ4n) is 0.728. The van der Waals surface area contributed by atoms with E-state index in [0.29, 0.717) is 0 Å². The number of alkyl halides is 6. The molecule has 0 aliphatic carbocycles. The van der Waals surface area contributed by atoms with Gasteiger partial charge in [0.25, 0.3) is 0 Å². The zero-order valence-electron chi connectivity index (χ0n) is 6.27. The molecule has 0 spiro atoms. The molecule has 0 N–H and O–H groups in total. The largest absolute Gasteiger partial charge is 0.421 e. The fraction of sp³-hybridized carbons (Fsp3) is 0.667. The Hall–Kier alpha value is -0.680. The maximum Gasteiger partial charge on any atom is 0.421 e. The van der Waals surface area contributed by atoms with Gasteiger partial charge < -0.3 is 0 Å². The minimum absolute atomic E-state index is 0.774. The quantitative estimate of drug-likeness (QED) is 0.407. The number of hydrogen-bond acceptors (Lipinski definition) is 0. The monoisotopic (exact) mass is 192 g/mol. The molecule has 0 radical (unpaired) electrons. The van der Waals surface area contributed by atoms with Gasteiger partial charge in [0.15, 0.2) is 0 Å². The van der Waals surface area contributed by atoms with E-state index in [-0.39, 0.29) is 0 Å². The zero-order chi connectivity index (χ0) is 10.2. The van der Waals surface area contributed by atoms with E-state index in [1.807, 2.05) is 0 Å². The first-order valence-corrected chi connectivity index (χ1v) is 2.88. The molecule has 0 fully saturated rings. The van der Waals surface area contributed by atoms with Crippen molar-refractivity contribution in [2.75, 3.05) is 0 Å². The molecule has 0 aliphatic rings. The van der Waals surface area contributed by atoms with Crippen LogP contribution in [0.3, 0.4) is 0 Å². The van der Waals surface area contributed by atoms with Crippen LogP contribution in [0.2, 0.25) is 0 Å². The first-order valence-electron chi connectivity index (χ1n) is 2.88. The Bertz CT molecular complexity index is 173. The van der Waals surface area contributed by atoms with Gasteiger partial charge in [-0.15, -0.1) is 0 Å². The molecule has 72 valence electrons. The van der Waals surface area contributed by atoms with Gasteiger partial charge in [-0.25, -0.2) is 0 Å². The van der Waals surface area contributed by atoms with Crippen molar-refractivity contribution in [3.8, 4) is 0 Å². The van der Waals surface area contributed by atoms with Crippen molar-refractivity contribution in [2.45, 2.75) is 26.2 Å². The first kappa shape index (κ1) is 11.3. The second-order valence-corrected chi connectivity index (χ2v) is 2.37. The van der Waals surface area contributed by atoms with Crippen LogP contribution in [0.5, 0.6) is 0 Å². The average Bonchev–Trinajstić information content (AvgIpc) is 1.49. The van der Waals surface area contributed by atoms with Crippen molar-refractivity contribution in [1.29, 1.82) is 0 Å². The van der Waals surface area contributed by atoms with Crippen molar-refractivity contribution in [1.82, 2.24) is 0 Å². The van der Waals surface area contributed by atoms with Gasteiger partial charge in [-0.3, -0.25) is 0 Å². The Labute approximate surface area is 64.9 Å². The van der Waals surface area contributed by atoms with E-state index >= 15 is 0 Å². The van der Waals surface area contributed by atoms with Crippen molar-refractivity contribution >= 4 is 0 Å². The summed E-state index contributed by atoms with van der Waals surface area (Å²) in [5.41, 5.74) is -3.20. The molecule has 12 heavy (non-hydrogen) atoms. The summed E-state index contributed by atoms with van der Waals surface area (Å²) in [6.07, 6.45) is -10.6. The third kappa shape index (κ3) is 2.75. The topological polar surface area (TPSA) is 0 Å². The highest BCUT2D eigenvalue weighted by atomic mass is 19.4. The molecule has 6 heteroatoms. The molecule has 0 bridgehead atoms. The maximum atomic E-state index is 11.7. The molecule has 0 aromatic carbocycles. The third-order valence-electron chi connectivity index (χ3n) is 1.07. The van der Waals surface area contributed by atoms with Crippen LogP contribution in [0, 0.1) is 0 Å². The van der Waals surface area contributed by atoms with Gasteiger partial charge in [0.2, 0.25) is 0 Å².